The van der Waals surface area contributed by atoms with E-state index in [1.807, 2.05) is 61.7 Å². The van der Waals surface area contributed by atoms with Crippen molar-refractivity contribution in [1.29, 1.82) is 0 Å². The van der Waals surface area contributed by atoms with Crippen LogP contribution < -0.4 is 10.6 Å². The summed E-state index contributed by atoms with van der Waals surface area (Å²) in [5, 5.41) is 17.8. The van der Waals surface area contributed by atoms with Crippen molar-refractivity contribution < 1.29 is 4.79 Å². The number of aromatic nitrogens is 5. The first-order valence-corrected chi connectivity index (χ1v) is 8.18. The van der Waals surface area contributed by atoms with Crippen LogP contribution in [0.3, 0.4) is 0 Å². The Balaban J connectivity index is 1.42. The van der Waals surface area contributed by atoms with E-state index < -0.39 is 0 Å². The van der Waals surface area contributed by atoms with E-state index in [0.29, 0.717) is 11.6 Å². The summed E-state index contributed by atoms with van der Waals surface area (Å²) in [6, 6.07) is 14.8. The van der Waals surface area contributed by atoms with Crippen molar-refractivity contribution in [3.63, 3.8) is 0 Å². The van der Waals surface area contributed by atoms with Crippen molar-refractivity contribution >= 4 is 17.6 Å². The van der Waals surface area contributed by atoms with Crippen LogP contribution >= 0.6 is 0 Å². The van der Waals surface area contributed by atoms with E-state index in [0.717, 1.165) is 11.3 Å². The van der Waals surface area contributed by atoms with E-state index in [1.54, 1.807) is 21.5 Å². The SMILES string of the molecule is CC(NC(=O)Nc1nnc2ccccn12)c1ccc(-n2cccn2)cc1. The molecule has 1 atom stereocenters. The van der Waals surface area contributed by atoms with Gasteiger partial charge in [-0.3, -0.25) is 9.72 Å². The molecule has 1 aromatic carbocycles. The largest absolute Gasteiger partial charge is 0.331 e. The third kappa shape index (κ3) is 3.12. The Hall–Kier alpha value is -3.68. The van der Waals surface area contributed by atoms with E-state index in [2.05, 4.69) is 25.9 Å². The number of amides is 2. The summed E-state index contributed by atoms with van der Waals surface area (Å²) in [4.78, 5) is 12.3. The smallest absolute Gasteiger partial charge is 0.322 e. The maximum atomic E-state index is 12.3. The Morgan fingerprint density at radius 2 is 1.88 bits per heavy atom. The third-order valence-electron chi connectivity index (χ3n) is 4.05. The van der Waals surface area contributed by atoms with Crippen molar-refractivity contribution in [3.05, 3.63) is 72.7 Å². The molecule has 2 N–H and O–H groups in total. The van der Waals surface area contributed by atoms with Crippen LogP contribution in [0.25, 0.3) is 11.3 Å². The van der Waals surface area contributed by atoms with Gasteiger partial charge in [-0.15, -0.1) is 10.2 Å². The minimum atomic E-state index is -0.341. The van der Waals surface area contributed by atoms with Crippen LogP contribution in [0.4, 0.5) is 10.7 Å². The summed E-state index contributed by atoms with van der Waals surface area (Å²) in [5.74, 6) is 0.374. The molecular weight excluding hydrogens is 330 g/mol. The number of benzene rings is 1. The lowest BCUT2D eigenvalue weighted by Crippen LogP contribution is -2.31. The first kappa shape index (κ1) is 15.8. The van der Waals surface area contributed by atoms with Gasteiger partial charge in [-0.1, -0.05) is 18.2 Å². The normalized spacial score (nSPS) is 12.0. The molecule has 0 saturated carbocycles. The topological polar surface area (TPSA) is 89.1 Å². The molecule has 0 radical (unpaired) electrons. The highest BCUT2D eigenvalue weighted by molar-refractivity contribution is 5.88. The third-order valence-corrected chi connectivity index (χ3v) is 4.05. The fourth-order valence-electron chi connectivity index (χ4n) is 2.68. The molecule has 3 heterocycles. The van der Waals surface area contributed by atoms with Gasteiger partial charge in [-0.05, 0) is 42.8 Å². The second-order valence-corrected chi connectivity index (χ2v) is 5.81. The highest BCUT2D eigenvalue weighted by Gasteiger charge is 2.12. The fourth-order valence-corrected chi connectivity index (χ4v) is 2.68. The van der Waals surface area contributed by atoms with Gasteiger partial charge in [-0.25, -0.2) is 9.48 Å². The van der Waals surface area contributed by atoms with E-state index in [1.165, 1.54) is 0 Å². The summed E-state index contributed by atoms with van der Waals surface area (Å²) in [6.45, 7) is 1.92. The molecule has 3 aromatic heterocycles. The number of nitrogens with zero attached hydrogens (tertiary/aromatic N) is 5. The molecule has 0 aliphatic heterocycles. The molecule has 8 nitrogen and oxygen atoms in total. The van der Waals surface area contributed by atoms with Gasteiger partial charge in [0.2, 0.25) is 5.95 Å². The van der Waals surface area contributed by atoms with Crippen molar-refractivity contribution in [3.8, 4) is 5.69 Å². The van der Waals surface area contributed by atoms with Crippen LogP contribution in [-0.4, -0.2) is 30.4 Å². The van der Waals surface area contributed by atoms with Crippen LogP contribution in [0.2, 0.25) is 0 Å². The Bertz CT molecular complexity index is 1020. The second kappa shape index (κ2) is 6.67. The summed E-state index contributed by atoms with van der Waals surface area (Å²) in [7, 11) is 0. The minimum Gasteiger partial charge on any atom is -0.331 e. The molecule has 0 aliphatic rings. The predicted octanol–water partition coefficient (Wildman–Crippen LogP) is 2.80. The van der Waals surface area contributed by atoms with Crippen LogP contribution in [-0.2, 0) is 0 Å². The summed E-state index contributed by atoms with van der Waals surface area (Å²) in [5.41, 5.74) is 2.62. The molecule has 26 heavy (non-hydrogen) atoms. The average Bonchev–Trinajstić information content (AvgIpc) is 3.32. The zero-order valence-corrected chi connectivity index (χ0v) is 14.1. The number of carbonyl (C=O) groups is 1. The summed E-state index contributed by atoms with van der Waals surface area (Å²) < 4.78 is 3.49. The molecule has 0 aliphatic carbocycles. The van der Waals surface area contributed by atoms with Gasteiger partial charge < -0.3 is 5.32 Å². The van der Waals surface area contributed by atoms with Crippen LogP contribution in [0, 0.1) is 0 Å². The number of pyridine rings is 1. The van der Waals surface area contributed by atoms with E-state index in [9.17, 15) is 4.79 Å². The average molecular weight is 347 g/mol. The maximum Gasteiger partial charge on any atom is 0.322 e. The van der Waals surface area contributed by atoms with Crippen molar-refractivity contribution in [2.45, 2.75) is 13.0 Å². The highest BCUT2D eigenvalue weighted by Crippen LogP contribution is 2.16. The van der Waals surface area contributed by atoms with Gasteiger partial charge in [0, 0.05) is 18.6 Å². The molecule has 0 saturated heterocycles. The Kier molecular flexibility index (Phi) is 4.06. The number of rotatable bonds is 4. The van der Waals surface area contributed by atoms with Crippen LogP contribution in [0.15, 0.2) is 67.1 Å². The quantitative estimate of drug-likeness (QED) is 0.594. The van der Waals surface area contributed by atoms with Gasteiger partial charge in [-0.2, -0.15) is 5.10 Å². The monoisotopic (exact) mass is 347 g/mol. The standard InChI is InChI=1S/C18H17N7O/c1-13(14-6-8-15(9-7-14)25-12-4-10-19-25)20-18(26)21-17-23-22-16-5-2-3-11-24(16)17/h2-13H,1H3,(H2,20,21,23,26). The lowest BCUT2D eigenvalue weighted by atomic mass is 10.1. The van der Waals surface area contributed by atoms with Gasteiger partial charge in [0.1, 0.15) is 0 Å². The van der Waals surface area contributed by atoms with Crippen molar-refractivity contribution in [1.82, 2.24) is 29.7 Å². The number of hydrogen-bond donors (Lipinski definition) is 2. The molecule has 0 fully saturated rings. The maximum absolute atomic E-state index is 12.3. The molecule has 4 rings (SSSR count). The zero-order valence-electron chi connectivity index (χ0n) is 14.1. The number of anilines is 1. The molecule has 130 valence electrons. The lowest BCUT2D eigenvalue weighted by Gasteiger charge is -2.15. The molecular formula is C18H17N7O. The Labute approximate surface area is 149 Å². The first-order chi connectivity index (χ1) is 12.7. The zero-order chi connectivity index (χ0) is 17.9. The molecule has 0 bridgehead atoms. The first-order valence-electron chi connectivity index (χ1n) is 8.18. The Morgan fingerprint density at radius 1 is 1.04 bits per heavy atom. The summed E-state index contributed by atoms with van der Waals surface area (Å²) >= 11 is 0. The van der Waals surface area contributed by atoms with Gasteiger partial charge in [0.25, 0.3) is 0 Å². The van der Waals surface area contributed by atoms with E-state index >= 15 is 0 Å². The fraction of sp³-hybridized carbons (Fsp3) is 0.111. The van der Waals surface area contributed by atoms with Crippen molar-refractivity contribution in [2.24, 2.45) is 0 Å². The van der Waals surface area contributed by atoms with Gasteiger partial charge in [0.05, 0.1) is 11.7 Å². The number of hydrogen-bond acceptors (Lipinski definition) is 4. The van der Waals surface area contributed by atoms with Crippen LogP contribution in [0.5, 0.6) is 0 Å². The van der Waals surface area contributed by atoms with Crippen molar-refractivity contribution in [2.75, 3.05) is 5.32 Å². The number of urea groups is 1. The molecule has 1 unspecified atom stereocenters. The van der Waals surface area contributed by atoms with Crippen LogP contribution in [0.1, 0.15) is 18.5 Å². The lowest BCUT2D eigenvalue weighted by molar-refractivity contribution is 0.249. The molecule has 2 amide bonds. The number of nitrogens with one attached hydrogen (secondary N) is 2. The molecule has 8 heteroatoms. The number of carbonyl (C=O) groups excluding carboxylic acids is 1. The van der Waals surface area contributed by atoms with E-state index in [-0.39, 0.29) is 12.1 Å². The number of fused-ring (bicyclic) bond motifs is 1. The van der Waals surface area contributed by atoms with Gasteiger partial charge in [0.15, 0.2) is 5.65 Å². The minimum absolute atomic E-state index is 0.166. The summed E-state index contributed by atoms with van der Waals surface area (Å²) in [6.07, 6.45) is 5.41. The predicted molar refractivity (Wildman–Crippen MR) is 97.1 cm³/mol. The molecule has 4 aromatic rings. The Morgan fingerprint density at radius 3 is 2.65 bits per heavy atom. The second-order valence-electron chi connectivity index (χ2n) is 5.81. The molecule has 0 spiro atoms. The van der Waals surface area contributed by atoms with Gasteiger partial charge >= 0.3 is 6.03 Å². The highest BCUT2D eigenvalue weighted by atomic mass is 16.2. The van der Waals surface area contributed by atoms with E-state index in [4.69, 9.17) is 0 Å².